The van der Waals surface area contributed by atoms with Gasteiger partial charge in [0.1, 0.15) is 10.9 Å². The number of hydrogen-bond donors (Lipinski definition) is 2. The second-order valence-corrected chi connectivity index (χ2v) is 5.82. The van der Waals surface area contributed by atoms with Crippen LogP contribution in [0.4, 0.5) is 0 Å². The van der Waals surface area contributed by atoms with E-state index in [1.807, 2.05) is 25.1 Å². The van der Waals surface area contributed by atoms with Gasteiger partial charge in [0, 0.05) is 4.90 Å². The molecule has 0 bridgehead atoms. The van der Waals surface area contributed by atoms with Gasteiger partial charge in [0.25, 0.3) is 0 Å². The largest absolute Gasteiger partial charge is 0.384 e. The summed E-state index contributed by atoms with van der Waals surface area (Å²) >= 11 is 1.52. The molecule has 0 fully saturated rings. The number of rotatable bonds is 5. The van der Waals surface area contributed by atoms with Gasteiger partial charge in [-0.3, -0.25) is 5.41 Å². The monoisotopic (exact) mass is 300 g/mol. The van der Waals surface area contributed by atoms with Crippen LogP contribution in [0.3, 0.4) is 0 Å². The van der Waals surface area contributed by atoms with Gasteiger partial charge in [-0.1, -0.05) is 43.8 Å². The fraction of sp³-hybridized carbons (Fsp3) is 0.312. The van der Waals surface area contributed by atoms with Crippen LogP contribution in [0.15, 0.2) is 34.2 Å². The molecule has 0 saturated carbocycles. The molecular formula is C16H20N4S. The van der Waals surface area contributed by atoms with Crippen LogP contribution in [0, 0.1) is 12.3 Å². The van der Waals surface area contributed by atoms with Crippen molar-refractivity contribution >= 4 is 17.6 Å². The Kier molecular flexibility index (Phi) is 4.96. The Bertz CT molecular complexity index is 667. The molecule has 110 valence electrons. The molecule has 0 aliphatic heterocycles. The van der Waals surface area contributed by atoms with E-state index >= 15 is 0 Å². The molecule has 0 amide bonds. The Morgan fingerprint density at radius 3 is 2.48 bits per heavy atom. The normalized spacial score (nSPS) is 10.6. The Morgan fingerprint density at radius 1 is 1.19 bits per heavy atom. The second-order valence-electron chi connectivity index (χ2n) is 4.79. The summed E-state index contributed by atoms with van der Waals surface area (Å²) < 4.78 is 0. The van der Waals surface area contributed by atoms with Gasteiger partial charge < -0.3 is 5.73 Å². The van der Waals surface area contributed by atoms with E-state index in [1.165, 1.54) is 17.3 Å². The summed E-state index contributed by atoms with van der Waals surface area (Å²) in [4.78, 5) is 1.11. The molecule has 5 heteroatoms. The Balaban J connectivity index is 2.54. The van der Waals surface area contributed by atoms with Crippen molar-refractivity contribution in [1.82, 2.24) is 10.2 Å². The van der Waals surface area contributed by atoms with E-state index in [1.54, 1.807) is 0 Å². The summed E-state index contributed by atoms with van der Waals surface area (Å²) in [6.45, 7) is 6.16. The highest BCUT2D eigenvalue weighted by Gasteiger charge is 2.18. The van der Waals surface area contributed by atoms with Crippen LogP contribution in [0.25, 0.3) is 0 Å². The fourth-order valence-corrected chi connectivity index (χ4v) is 3.28. The minimum atomic E-state index is 0.0625. The van der Waals surface area contributed by atoms with Crippen LogP contribution in [0.1, 0.15) is 36.2 Å². The predicted molar refractivity (Wildman–Crippen MR) is 87.1 cm³/mol. The second kappa shape index (κ2) is 6.72. The first-order valence-corrected chi connectivity index (χ1v) is 7.86. The topological polar surface area (TPSA) is 75.7 Å². The number of benzene rings is 1. The van der Waals surface area contributed by atoms with Crippen LogP contribution in [0.5, 0.6) is 0 Å². The van der Waals surface area contributed by atoms with E-state index in [9.17, 15) is 0 Å². The van der Waals surface area contributed by atoms with Gasteiger partial charge in [-0.25, -0.2) is 0 Å². The first-order chi connectivity index (χ1) is 10.1. The molecule has 0 radical (unpaired) electrons. The molecule has 1 heterocycles. The molecule has 3 N–H and O–H groups in total. The van der Waals surface area contributed by atoms with E-state index in [4.69, 9.17) is 11.1 Å². The standard InChI is InChI=1S/C16H20N4S/c1-4-11-12(5-2)19-20-16(14(11)15(17)18)21-13-9-7-6-8-10(13)3/h6-9H,4-5H2,1-3H3,(H3,17,18). The maximum absolute atomic E-state index is 7.91. The van der Waals surface area contributed by atoms with E-state index in [2.05, 4.69) is 30.1 Å². The SMILES string of the molecule is CCc1nnc(Sc2ccccc2C)c(C(=N)N)c1CC. The number of nitrogens with one attached hydrogen (secondary N) is 1. The Labute approximate surface area is 129 Å². The van der Waals surface area contributed by atoms with Gasteiger partial charge in [-0.2, -0.15) is 5.10 Å². The zero-order valence-corrected chi connectivity index (χ0v) is 13.4. The maximum atomic E-state index is 7.91. The average Bonchev–Trinajstić information content (AvgIpc) is 2.48. The van der Waals surface area contributed by atoms with Crippen molar-refractivity contribution in [2.75, 3.05) is 0 Å². The smallest absolute Gasteiger partial charge is 0.135 e. The number of amidine groups is 1. The van der Waals surface area contributed by atoms with Crippen molar-refractivity contribution in [2.24, 2.45) is 5.73 Å². The van der Waals surface area contributed by atoms with E-state index in [0.717, 1.165) is 34.6 Å². The van der Waals surface area contributed by atoms with Crippen LogP contribution in [-0.2, 0) is 12.8 Å². The number of nitrogens with two attached hydrogens (primary N) is 1. The fourth-order valence-electron chi connectivity index (χ4n) is 2.28. The van der Waals surface area contributed by atoms with Crippen molar-refractivity contribution in [2.45, 2.75) is 43.5 Å². The van der Waals surface area contributed by atoms with Crippen molar-refractivity contribution in [3.05, 3.63) is 46.6 Å². The third-order valence-corrected chi connectivity index (χ3v) is 4.54. The predicted octanol–water partition coefficient (Wildman–Crippen LogP) is 3.35. The third-order valence-electron chi connectivity index (χ3n) is 3.38. The Morgan fingerprint density at radius 2 is 1.90 bits per heavy atom. The third kappa shape index (κ3) is 3.24. The zero-order valence-electron chi connectivity index (χ0n) is 12.6. The molecule has 0 spiro atoms. The molecule has 0 saturated heterocycles. The number of nitrogen functional groups attached to an aromatic ring is 1. The van der Waals surface area contributed by atoms with Crippen LogP contribution in [-0.4, -0.2) is 16.0 Å². The highest BCUT2D eigenvalue weighted by Crippen LogP contribution is 2.32. The number of aromatic nitrogens is 2. The van der Waals surface area contributed by atoms with Gasteiger partial charge in [-0.05, 0) is 37.0 Å². The van der Waals surface area contributed by atoms with E-state index < -0.39 is 0 Å². The molecular weight excluding hydrogens is 280 g/mol. The van der Waals surface area contributed by atoms with Crippen molar-refractivity contribution in [3.8, 4) is 0 Å². The van der Waals surface area contributed by atoms with E-state index in [0.29, 0.717) is 5.03 Å². The highest BCUT2D eigenvalue weighted by molar-refractivity contribution is 7.99. The lowest BCUT2D eigenvalue weighted by molar-refractivity contribution is 0.819. The lowest BCUT2D eigenvalue weighted by Crippen LogP contribution is -2.18. The number of nitrogens with zero attached hydrogens (tertiary/aromatic N) is 2. The first kappa shape index (κ1) is 15.5. The molecule has 0 aliphatic rings. The quantitative estimate of drug-likeness (QED) is 0.656. The molecule has 1 aromatic carbocycles. The minimum Gasteiger partial charge on any atom is -0.384 e. The summed E-state index contributed by atoms with van der Waals surface area (Å²) in [5.41, 5.74) is 9.69. The minimum absolute atomic E-state index is 0.0625. The van der Waals surface area contributed by atoms with Crippen molar-refractivity contribution < 1.29 is 0 Å². The molecule has 2 aromatic rings. The summed E-state index contributed by atoms with van der Waals surface area (Å²) in [7, 11) is 0. The zero-order chi connectivity index (χ0) is 15.4. The van der Waals surface area contributed by atoms with E-state index in [-0.39, 0.29) is 5.84 Å². The summed E-state index contributed by atoms with van der Waals surface area (Å²) in [6, 6.07) is 8.11. The molecule has 4 nitrogen and oxygen atoms in total. The highest BCUT2D eigenvalue weighted by atomic mass is 32.2. The molecule has 0 unspecified atom stereocenters. The van der Waals surface area contributed by atoms with Crippen LogP contribution in [0.2, 0.25) is 0 Å². The van der Waals surface area contributed by atoms with Crippen molar-refractivity contribution in [1.29, 1.82) is 5.41 Å². The maximum Gasteiger partial charge on any atom is 0.135 e. The van der Waals surface area contributed by atoms with Gasteiger partial charge >= 0.3 is 0 Å². The molecule has 2 rings (SSSR count). The Hall–Kier alpha value is -1.88. The molecule has 0 atom stereocenters. The lowest BCUT2D eigenvalue weighted by atomic mass is 10.0. The lowest BCUT2D eigenvalue weighted by Gasteiger charge is -2.14. The number of hydrogen-bond acceptors (Lipinski definition) is 4. The van der Waals surface area contributed by atoms with Crippen molar-refractivity contribution in [3.63, 3.8) is 0 Å². The van der Waals surface area contributed by atoms with Gasteiger partial charge in [0.2, 0.25) is 0 Å². The van der Waals surface area contributed by atoms with Crippen LogP contribution < -0.4 is 5.73 Å². The average molecular weight is 300 g/mol. The first-order valence-electron chi connectivity index (χ1n) is 7.04. The summed E-state index contributed by atoms with van der Waals surface area (Å²) in [5.74, 6) is 0.0625. The van der Waals surface area contributed by atoms with Crippen LogP contribution >= 0.6 is 11.8 Å². The van der Waals surface area contributed by atoms with Gasteiger partial charge in [0.15, 0.2) is 0 Å². The summed E-state index contributed by atoms with van der Waals surface area (Å²) in [6.07, 6.45) is 1.60. The molecule has 1 aromatic heterocycles. The molecule has 0 aliphatic carbocycles. The van der Waals surface area contributed by atoms with Gasteiger partial charge in [0.05, 0.1) is 11.3 Å². The summed E-state index contributed by atoms with van der Waals surface area (Å²) in [5, 5.41) is 17.2. The van der Waals surface area contributed by atoms with Gasteiger partial charge in [-0.15, -0.1) is 5.10 Å². The number of aryl methyl sites for hydroxylation is 2. The molecule has 21 heavy (non-hydrogen) atoms.